The van der Waals surface area contributed by atoms with Gasteiger partial charge in [0.25, 0.3) is 0 Å². The summed E-state index contributed by atoms with van der Waals surface area (Å²) in [4.78, 5) is 0. The molecule has 0 saturated carbocycles. The molecule has 0 amide bonds. The molecule has 0 aliphatic rings. The fourth-order valence-electron chi connectivity index (χ4n) is 1.15. The molecule has 0 nitrogen and oxygen atoms in total. The fraction of sp³-hybridized carbons (Fsp3) is 0.273. The van der Waals surface area contributed by atoms with Gasteiger partial charge in [0.15, 0.2) is 0 Å². The summed E-state index contributed by atoms with van der Waals surface area (Å²) in [6, 6.07) is 8.11. The second-order valence-corrected chi connectivity index (χ2v) is 2.72. The molecule has 1 aromatic carbocycles. The van der Waals surface area contributed by atoms with E-state index >= 15 is 0 Å². The van der Waals surface area contributed by atoms with E-state index in [1.807, 2.05) is 25.1 Å². The molecule has 0 aromatic heterocycles. The van der Waals surface area contributed by atoms with Crippen molar-refractivity contribution in [1.29, 1.82) is 0 Å². The van der Waals surface area contributed by atoms with E-state index in [1.165, 1.54) is 11.1 Å². The second kappa shape index (κ2) is 3.25. The largest absolute Gasteiger partial charge is 0.0812 e. The van der Waals surface area contributed by atoms with Crippen LogP contribution in [0.15, 0.2) is 24.3 Å². The molecule has 0 aliphatic carbocycles. The number of benzene rings is 1. The minimum absolute atomic E-state index is 0.121. The predicted octanol–water partition coefficient (Wildman–Crippen LogP) is 2.69. The zero-order valence-electron chi connectivity index (χ0n) is 6.89. The van der Waals surface area contributed by atoms with Gasteiger partial charge in [-0.25, -0.2) is 0 Å². The van der Waals surface area contributed by atoms with Crippen LogP contribution in [0.3, 0.4) is 0 Å². The van der Waals surface area contributed by atoms with Gasteiger partial charge in [0, 0.05) is 5.92 Å². The SMILES string of the molecule is [C]#CC(C)c1ccccc1C. The molecule has 0 saturated heterocycles. The molecule has 1 atom stereocenters. The van der Waals surface area contributed by atoms with Crippen molar-refractivity contribution < 1.29 is 0 Å². The maximum atomic E-state index is 6.99. The van der Waals surface area contributed by atoms with Crippen molar-refractivity contribution in [2.45, 2.75) is 19.8 Å². The number of hydrogen-bond donors (Lipinski definition) is 0. The van der Waals surface area contributed by atoms with Crippen LogP contribution in [0.5, 0.6) is 0 Å². The van der Waals surface area contributed by atoms with Crippen molar-refractivity contribution in [1.82, 2.24) is 0 Å². The van der Waals surface area contributed by atoms with Crippen LogP contribution in [0.2, 0.25) is 0 Å². The Labute approximate surface area is 68.3 Å². The summed E-state index contributed by atoms with van der Waals surface area (Å²) in [5.41, 5.74) is 2.43. The smallest absolute Gasteiger partial charge is 0.0436 e. The summed E-state index contributed by atoms with van der Waals surface area (Å²) >= 11 is 0. The second-order valence-electron chi connectivity index (χ2n) is 2.72. The summed E-state index contributed by atoms with van der Waals surface area (Å²) in [5, 5.41) is 0. The summed E-state index contributed by atoms with van der Waals surface area (Å²) in [6.45, 7) is 4.04. The van der Waals surface area contributed by atoms with E-state index in [2.05, 4.69) is 18.9 Å². The lowest BCUT2D eigenvalue weighted by Crippen LogP contribution is -1.91. The van der Waals surface area contributed by atoms with Crippen LogP contribution in [0.4, 0.5) is 0 Å². The Balaban J connectivity index is 3.05. The van der Waals surface area contributed by atoms with Crippen LogP contribution in [0, 0.1) is 19.3 Å². The van der Waals surface area contributed by atoms with E-state index < -0.39 is 0 Å². The first-order valence-corrected chi connectivity index (χ1v) is 3.73. The Hall–Kier alpha value is -1.22. The van der Waals surface area contributed by atoms with E-state index in [0.29, 0.717) is 0 Å². The number of aryl methyl sites for hydroxylation is 1. The van der Waals surface area contributed by atoms with Crippen LogP contribution in [-0.4, -0.2) is 0 Å². The molecule has 0 spiro atoms. The molecule has 1 aromatic rings. The Morgan fingerprint density at radius 1 is 1.36 bits per heavy atom. The van der Waals surface area contributed by atoms with Crippen LogP contribution < -0.4 is 0 Å². The Bertz CT molecular complexity index is 278. The van der Waals surface area contributed by atoms with Gasteiger partial charge in [0.05, 0.1) is 0 Å². The summed E-state index contributed by atoms with van der Waals surface area (Å²) in [7, 11) is 0. The van der Waals surface area contributed by atoms with Crippen molar-refractivity contribution in [3.63, 3.8) is 0 Å². The van der Waals surface area contributed by atoms with Crippen molar-refractivity contribution in [2.75, 3.05) is 0 Å². The van der Waals surface area contributed by atoms with E-state index in [4.69, 9.17) is 6.42 Å². The Kier molecular flexibility index (Phi) is 2.33. The maximum Gasteiger partial charge on any atom is 0.0436 e. The third-order valence-corrected chi connectivity index (χ3v) is 1.87. The van der Waals surface area contributed by atoms with Gasteiger partial charge in [-0.1, -0.05) is 30.2 Å². The highest BCUT2D eigenvalue weighted by Gasteiger charge is 2.02. The standard InChI is InChI=1S/C11H11/c1-4-9(2)11-8-6-5-7-10(11)3/h5-9H,2-3H3. The number of hydrogen-bond acceptors (Lipinski definition) is 0. The minimum Gasteiger partial charge on any atom is -0.0812 e. The first kappa shape index (κ1) is 7.88. The Morgan fingerprint density at radius 2 is 2.00 bits per heavy atom. The monoisotopic (exact) mass is 143 g/mol. The molecule has 1 rings (SSSR count). The maximum absolute atomic E-state index is 6.99. The molecule has 0 fully saturated rings. The van der Waals surface area contributed by atoms with Gasteiger partial charge >= 0.3 is 0 Å². The molecule has 11 heavy (non-hydrogen) atoms. The lowest BCUT2D eigenvalue weighted by molar-refractivity contribution is 0.986. The quantitative estimate of drug-likeness (QED) is 0.530. The predicted molar refractivity (Wildman–Crippen MR) is 46.7 cm³/mol. The van der Waals surface area contributed by atoms with Gasteiger partial charge in [0.1, 0.15) is 0 Å². The molecule has 0 heterocycles. The van der Waals surface area contributed by atoms with Crippen molar-refractivity contribution in [2.24, 2.45) is 0 Å². The van der Waals surface area contributed by atoms with Crippen LogP contribution in [0.25, 0.3) is 0 Å². The topological polar surface area (TPSA) is 0 Å². The first-order valence-electron chi connectivity index (χ1n) is 3.73. The van der Waals surface area contributed by atoms with Gasteiger partial charge in [-0.05, 0) is 31.4 Å². The average molecular weight is 143 g/mol. The summed E-state index contributed by atoms with van der Waals surface area (Å²) < 4.78 is 0. The van der Waals surface area contributed by atoms with Crippen molar-refractivity contribution in [3.05, 3.63) is 41.8 Å². The van der Waals surface area contributed by atoms with Gasteiger partial charge in [-0.2, -0.15) is 0 Å². The van der Waals surface area contributed by atoms with Crippen LogP contribution in [0.1, 0.15) is 24.0 Å². The molecule has 0 bridgehead atoms. The van der Waals surface area contributed by atoms with Crippen molar-refractivity contribution >= 4 is 0 Å². The van der Waals surface area contributed by atoms with E-state index in [0.717, 1.165) is 0 Å². The normalized spacial score (nSPS) is 12.1. The third-order valence-electron chi connectivity index (χ3n) is 1.87. The molecule has 1 radical (unpaired) electrons. The van der Waals surface area contributed by atoms with E-state index in [9.17, 15) is 0 Å². The van der Waals surface area contributed by atoms with E-state index in [-0.39, 0.29) is 5.92 Å². The average Bonchev–Trinajstić information content (AvgIpc) is 2.04. The summed E-state index contributed by atoms with van der Waals surface area (Å²) in [5.74, 6) is 2.59. The van der Waals surface area contributed by atoms with Crippen LogP contribution in [-0.2, 0) is 0 Å². The molecule has 0 heteroatoms. The zero-order chi connectivity index (χ0) is 8.27. The molecular formula is C11H11. The molecule has 55 valence electrons. The summed E-state index contributed by atoms with van der Waals surface area (Å²) in [6.07, 6.45) is 6.99. The lowest BCUT2D eigenvalue weighted by Gasteiger charge is -2.06. The van der Waals surface area contributed by atoms with Gasteiger partial charge < -0.3 is 0 Å². The third kappa shape index (κ3) is 1.62. The minimum atomic E-state index is 0.121. The number of rotatable bonds is 1. The molecule has 0 N–H and O–H groups in total. The fourth-order valence-corrected chi connectivity index (χ4v) is 1.15. The van der Waals surface area contributed by atoms with Gasteiger partial charge in [0.2, 0.25) is 0 Å². The van der Waals surface area contributed by atoms with Gasteiger partial charge in [-0.3, -0.25) is 0 Å². The highest BCUT2D eigenvalue weighted by atomic mass is 14.1. The highest BCUT2D eigenvalue weighted by Crippen LogP contribution is 2.17. The highest BCUT2D eigenvalue weighted by molar-refractivity contribution is 5.32. The zero-order valence-corrected chi connectivity index (χ0v) is 6.89. The van der Waals surface area contributed by atoms with E-state index in [1.54, 1.807) is 0 Å². The Morgan fingerprint density at radius 3 is 2.55 bits per heavy atom. The van der Waals surface area contributed by atoms with Crippen molar-refractivity contribution in [3.8, 4) is 5.92 Å². The van der Waals surface area contributed by atoms with Crippen LogP contribution >= 0.6 is 0 Å². The molecule has 0 aliphatic heterocycles. The molecular weight excluding hydrogens is 132 g/mol. The van der Waals surface area contributed by atoms with Gasteiger partial charge in [-0.15, -0.1) is 0 Å². The first-order chi connectivity index (χ1) is 5.25. The molecule has 1 unspecified atom stereocenters. The lowest BCUT2D eigenvalue weighted by atomic mass is 9.97.